The Morgan fingerprint density at radius 1 is 1.00 bits per heavy atom. The van der Waals surface area contributed by atoms with Crippen molar-refractivity contribution in [1.82, 2.24) is 0 Å². The molecule has 2 aromatic rings. The predicted molar refractivity (Wildman–Crippen MR) is 87.9 cm³/mol. The van der Waals surface area contributed by atoms with Gasteiger partial charge in [0.2, 0.25) is 6.08 Å². The number of rotatable bonds is 7. The average molecular weight is 313 g/mol. The molecule has 0 saturated heterocycles. The third-order valence-electron chi connectivity index (χ3n) is 3.39. The molecule has 120 valence electrons. The molecule has 0 aliphatic carbocycles. The highest BCUT2D eigenvalue weighted by molar-refractivity contribution is 5.35. The normalized spacial score (nSPS) is 11.8. The number of hydrogen-bond donors (Lipinski definition) is 0. The number of hydrogen-bond acceptors (Lipinski definition) is 3. The average Bonchev–Trinajstić information content (AvgIpc) is 2.51. The summed E-state index contributed by atoms with van der Waals surface area (Å²) < 4.78 is 18.6. The standard InChI is InChI=1S/C19H20FNO2/c1-14(2)23-19-9-5-16(6-10-19)12-18(21-13-22)11-15-3-7-17(20)8-4-15/h3-10,14,18H,11-12H2,1-2H3. The maximum absolute atomic E-state index is 12.9. The summed E-state index contributed by atoms with van der Waals surface area (Å²) in [6, 6.07) is 13.8. The molecule has 0 radical (unpaired) electrons. The van der Waals surface area contributed by atoms with Crippen LogP contribution in [-0.2, 0) is 17.6 Å². The number of ether oxygens (including phenoxy) is 1. The van der Waals surface area contributed by atoms with Crippen molar-refractivity contribution in [3.63, 3.8) is 0 Å². The summed E-state index contributed by atoms with van der Waals surface area (Å²) >= 11 is 0. The van der Waals surface area contributed by atoms with Crippen LogP contribution in [0.3, 0.4) is 0 Å². The van der Waals surface area contributed by atoms with E-state index in [9.17, 15) is 9.18 Å². The fraction of sp³-hybridized carbons (Fsp3) is 0.316. The van der Waals surface area contributed by atoms with Gasteiger partial charge in [-0.3, -0.25) is 0 Å². The minimum Gasteiger partial charge on any atom is -0.491 e. The highest BCUT2D eigenvalue weighted by atomic mass is 19.1. The number of halogens is 1. The van der Waals surface area contributed by atoms with Gasteiger partial charge in [-0.05, 0) is 62.1 Å². The first-order valence-electron chi connectivity index (χ1n) is 7.64. The Balaban J connectivity index is 2.03. The van der Waals surface area contributed by atoms with Crippen LogP contribution in [-0.4, -0.2) is 18.2 Å². The lowest BCUT2D eigenvalue weighted by molar-refractivity contribution is 0.242. The summed E-state index contributed by atoms with van der Waals surface area (Å²) in [5, 5.41) is 0. The topological polar surface area (TPSA) is 38.7 Å². The molecule has 0 spiro atoms. The molecule has 0 aliphatic heterocycles. The smallest absolute Gasteiger partial charge is 0.235 e. The molecule has 0 saturated carbocycles. The van der Waals surface area contributed by atoms with Crippen molar-refractivity contribution in [3.05, 3.63) is 65.5 Å². The summed E-state index contributed by atoms with van der Waals surface area (Å²) in [7, 11) is 0. The molecule has 2 rings (SSSR count). The molecule has 0 amide bonds. The van der Waals surface area contributed by atoms with E-state index in [2.05, 4.69) is 4.99 Å². The predicted octanol–water partition coefficient (Wildman–Crippen LogP) is 4.10. The molecule has 0 heterocycles. The van der Waals surface area contributed by atoms with Crippen LogP contribution in [0.5, 0.6) is 5.75 Å². The van der Waals surface area contributed by atoms with Gasteiger partial charge in [-0.2, -0.15) is 0 Å². The Morgan fingerprint density at radius 2 is 1.52 bits per heavy atom. The quantitative estimate of drug-likeness (QED) is 0.570. The summed E-state index contributed by atoms with van der Waals surface area (Å²) in [4.78, 5) is 14.5. The van der Waals surface area contributed by atoms with E-state index < -0.39 is 0 Å². The van der Waals surface area contributed by atoms with Gasteiger partial charge in [-0.1, -0.05) is 24.3 Å². The van der Waals surface area contributed by atoms with E-state index in [-0.39, 0.29) is 18.0 Å². The van der Waals surface area contributed by atoms with Crippen LogP contribution < -0.4 is 4.74 Å². The Bertz CT molecular complexity index is 659. The van der Waals surface area contributed by atoms with Gasteiger partial charge in [0, 0.05) is 0 Å². The van der Waals surface area contributed by atoms with Crippen LogP contribution >= 0.6 is 0 Å². The summed E-state index contributed by atoms with van der Waals surface area (Å²) in [5.41, 5.74) is 2.00. The van der Waals surface area contributed by atoms with E-state index in [1.807, 2.05) is 38.1 Å². The zero-order valence-electron chi connectivity index (χ0n) is 13.3. The Labute approximate surface area is 135 Å². The Hall–Kier alpha value is -2.45. The maximum atomic E-state index is 12.9. The summed E-state index contributed by atoms with van der Waals surface area (Å²) in [6.45, 7) is 3.96. The van der Waals surface area contributed by atoms with Crippen molar-refractivity contribution in [2.24, 2.45) is 4.99 Å². The largest absolute Gasteiger partial charge is 0.491 e. The van der Waals surface area contributed by atoms with E-state index >= 15 is 0 Å². The van der Waals surface area contributed by atoms with Gasteiger partial charge >= 0.3 is 0 Å². The molecular weight excluding hydrogens is 293 g/mol. The van der Waals surface area contributed by atoms with Crippen molar-refractivity contribution in [2.45, 2.75) is 38.8 Å². The maximum Gasteiger partial charge on any atom is 0.235 e. The molecule has 1 atom stereocenters. The van der Waals surface area contributed by atoms with Gasteiger partial charge in [0.05, 0.1) is 12.1 Å². The fourth-order valence-corrected chi connectivity index (χ4v) is 2.38. The van der Waals surface area contributed by atoms with Crippen LogP contribution in [0.2, 0.25) is 0 Å². The first-order chi connectivity index (χ1) is 11.1. The zero-order valence-corrected chi connectivity index (χ0v) is 13.3. The van der Waals surface area contributed by atoms with E-state index in [1.165, 1.54) is 12.1 Å². The number of aliphatic imine (C=N–C) groups is 1. The number of benzene rings is 2. The lowest BCUT2D eigenvalue weighted by atomic mass is 9.99. The molecule has 4 heteroatoms. The number of nitrogens with zero attached hydrogens (tertiary/aromatic N) is 1. The Kier molecular flexibility index (Phi) is 6.07. The molecule has 2 aromatic carbocycles. The van der Waals surface area contributed by atoms with Gasteiger partial charge in [0.15, 0.2) is 0 Å². The highest BCUT2D eigenvalue weighted by Gasteiger charge is 2.10. The third-order valence-corrected chi connectivity index (χ3v) is 3.39. The SMILES string of the molecule is CC(C)Oc1ccc(CC(Cc2ccc(F)cc2)N=C=O)cc1. The third kappa shape index (κ3) is 5.68. The van der Waals surface area contributed by atoms with Crippen LogP contribution in [0, 0.1) is 5.82 Å². The van der Waals surface area contributed by atoms with E-state index in [1.54, 1.807) is 18.2 Å². The van der Waals surface area contributed by atoms with Crippen molar-refractivity contribution in [1.29, 1.82) is 0 Å². The second-order valence-corrected chi connectivity index (χ2v) is 5.72. The number of carbonyl (C=O) groups excluding carboxylic acids is 1. The second-order valence-electron chi connectivity index (χ2n) is 5.72. The van der Waals surface area contributed by atoms with Crippen molar-refractivity contribution >= 4 is 6.08 Å². The minimum atomic E-state index is -0.273. The molecule has 0 bridgehead atoms. The van der Waals surface area contributed by atoms with Crippen LogP contribution in [0.4, 0.5) is 4.39 Å². The van der Waals surface area contributed by atoms with E-state index in [4.69, 9.17) is 4.74 Å². The fourth-order valence-electron chi connectivity index (χ4n) is 2.38. The minimum absolute atomic E-state index is 0.131. The van der Waals surface area contributed by atoms with Gasteiger partial charge in [-0.25, -0.2) is 14.2 Å². The lowest BCUT2D eigenvalue weighted by Gasteiger charge is -2.13. The van der Waals surface area contributed by atoms with Gasteiger partial charge in [-0.15, -0.1) is 0 Å². The van der Waals surface area contributed by atoms with Gasteiger partial charge in [0.1, 0.15) is 11.6 Å². The Morgan fingerprint density at radius 3 is 2.00 bits per heavy atom. The lowest BCUT2D eigenvalue weighted by Crippen LogP contribution is -2.12. The molecule has 0 fully saturated rings. The molecule has 0 aromatic heterocycles. The van der Waals surface area contributed by atoms with E-state index in [0.717, 1.165) is 16.9 Å². The molecular formula is C19H20FNO2. The summed E-state index contributed by atoms with van der Waals surface area (Å²) in [6.07, 6.45) is 2.95. The summed E-state index contributed by atoms with van der Waals surface area (Å²) in [5.74, 6) is 0.544. The second kappa shape index (κ2) is 8.25. The van der Waals surface area contributed by atoms with Gasteiger partial charge < -0.3 is 4.74 Å². The van der Waals surface area contributed by atoms with Crippen LogP contribution in [0.15, 0.2) is 53.5 Å². The zero-order chi connectivity index (χ0) is 16.7. The number of isocyanates is 1. The van der Waals surface area contributed by atoms with Crippen molar-refractivity contribution in [2.75, 3.05) is 0 Å². The molecule has 23 heavy (non-hydrogen) atoms. The van der Waals surface area contributed by atoms with E-state index in [0.29, 0.717) is 12.8 Å². The monoisotopic (exact) mass is 313 g/mol. The van der Waals surface area contributed by atoms with Crippen molar-refractivity contribution in [3.8, 4) is 5.75 Å². The van der Waals surface area contributed by atoms with Crippen LogP contribution in [0.25, 0.3) is 0 Å². The molecule has 3 nitrogen and oxygen atoms in total. The van der Waals surface area contributed by atoms with Gasteiger partial charge in [0.25, 0.3) is 0 Å². The highest BCUT2D eigenvalue weighted by Crippen LogP contribution is 2.17. The first-order valence-corrected chi connectivity index (χ1v) is 7.64. The first kappa shape index (κ1) is 16.9. The molecule has 0 aliphatic rings. The molecule has 1 unspecified atom stereocenters. The van der Waals surface area contributed by atoms with Crippen molar-refractivity contribution < 1.29 is 13.9 Å². The van der Waals surface area contributed by atoms with Crippen LogP contribution in [0.1, 0.15) is 25.0 Å². The molecule has 0 N–H and O–H groups in total.